The predicted octanol–water partition coefficient (Wildman–Crippen LogP) is 1.37. The van der Waals surface area contributed by atoms with E-state index in [1.807, 2.05) is 0 Å². The first-order valence-electron chi connectivity index (χ1n) is 8.60. The number of nitrogens with one attached hydrogen (secondary N) is 1. The molecule has 2 fully saturated rings. The lowest BCUT2D eigenvalue weighted by Crippen LogP contribution is -2.49. The monoisotopic (exact) mass is 387 g/mol. The van der Waals surface area contributed by atoms with Crippen LogP contribution in [0, 0.1) is 0 Å². The van der Waals surface area contributed by atoms with Gasteiger partial charge in [-0.3, -0.25) is 9.69 Å². The molecule has 2 heterocycles. The van der Waals surface area contributed by atoms with Gasteiger partial charge >= 0.3 is 0 Å². The molecule has 2 saturated heterocycles. The van der Waals surface area contributed by atoms with Gasteiger partial charge in [0, 0.05) is 57.3 Å². The van der Waals surface area contributed by atoms with Gasteiger partial charge in [-0.15, -0.1) is 12.4 Å². The SMILES string of the molecule is CCC(=O)c1cccc(S(=O)(=O)N2CCC(N3CCNCC3)C2)c1.Cl. The Morgan fingerprint density at radius 1 is 1.24 bits per heavy atom. The van der Waals surface area contributed by atoms with Crippen LogP contribution in [0.5, 0.6) is 0 Å². The average Bonchev–Trinajstić information content (AvgIpc) is 3.13. The molecular weight excluding hydrogens is 362 g/mol. The second-order valence-corrected chi connectivity index (χ2v) is 8.33. The fourth-order valence-corrected chi connectivity index (χ4v) is 5.00. The van der Waals surface area contributed by atoms with E-state index in [9.17, 15) is 13.2 Å². The Labute approximate surface area is 156 Å². The van der Waals surface area contributed by atoms with Crippen molar-refractivity contribution in [2.75, 3.05) is 39.3 Å². The molecule has 140 valence electrons. The van der Waals surface area contributed by atoms with Crippen molar-refractivity contribution in [2.24, 2.45) is 0 Å². The lowest BCUT2D eigenvalue weighted by atomic mass is 10.1. The van der Waals surface area contributed by atoms with E-state index >= 15 is 0 Å². The first kappa shape index (κ1) is 20.3. The molecule has 0 radical (unpaired) electrons. The van der Waals surface area contributed by atoms with Gasteiger partial charge < -0.3 is 5.32 Å². The van der Waals surface area contributed by atoms with E-state index in [-0.39, 0.29) is 23.1 Å². The number of piperazine rings is 1. The molecular formula is C17H26ClN3O3S. The van der Waals surface area contributed by atoms with Crippen molar-refractivity contribution in [3.8, 4) is 0 Å². The Kier molecular flexibility index (Phi) is 6.99. The number of carbonyl (C=O) groups is 1. The van der Waals surface area contributed by atoms with E-state index in [0.29, 0.717) is 31.1 Å². The molecule has 0 bridgehead atoms. The summed E-state index contributed by atoms with van der Waals surface area (Å²) in [5.41, 5.74) is 0.469. The van der Waals surface area contributed by atoms with Gasteiger partial charge in [0.25, 0.3) is 0 Å². The minimum absolute atomic E-state index is 0. The molecule has 1 atom stereocenters. The van der Waals surface area contributed by atoms with Crippen molar-refractivity contribution < 1.29 is 13.2 Å². The molecule has 2 aliphatic heterocycles. The molecule has 8 heteroatoms. The standard InChI is InChI=1S/C17H25N3O3S.ClH/c1-2-17(21)14-4-3-5-16(12-14)24(22,23)20-9-6-15(13-20)19-10-7-18-8-11-19;/h3-5,12,15,18H,2,6-11,13H2,1H3;1H. The van der Waals surface area contributed by atoms with Crippen LogP contribution in [0.2, 0.25) is 0 Å². The highest BCUT2D eigenvalue weighted by atomic mass is 35.5. The molecule has 0 saturated carbocycles. The maximum absolute atomic E-state index is 12.9. The van der Waals surface area contributed by atoms with Gasteiger partial charge in [0.15, 0.2) is 5.78 Å². The Hall–Kier alpha value is -0.990. The minimum Gasteiger partial charge on any atom is -0.314 e. The van der Waals surface area contributed by atoms with E-state index in [1.54, 1.807) is 29.4 Å². The third-order valence-corrected chi connectivity index (χ3v) is 6.77. The van der Waals surface area contributed by atoms with E-state index in [0.717, 1.165) is 32.6 Å². The van der Waals surface area contributed by atoms with Crippen LogP contribution in [-0.2, 0) is 10.0 Å². The number of nitrogens with zero attached hydrogens (tertiary/aromatic N) is 2. The second kappa shape index (κ2) is 8.60. The van der Waals surface area contributed by atoms with Crippen LogP contribution in [0.25, 0.3) is 0 Å². The molecule has 1 aromatic rings. The quantitative estimate of drug-likeness (QED) is 0.773. The normalized spacial score (nSPS) is 22.5. The topological polar surface area (TPSA) is 69.7 Å². The maximum Gasteiger partial charge on any atom is 0.243 e. The third kappa shape index (κ3) is 4.41. The van der Waals surface area contributed by atoms with Crippen LogP contribution in [0.3, 0.4) is 0 Å². The summed E-state index contributed by atoms with van der Waals surface area (Å²) < 4.78 is 27.4. The highest BCUT2D eigenvalue weighted by molar-refractivity contribution is 7.89. The number of hydrogen-bond donors (Lipinski definition) is 1. The fourth-order valence-electron chi connectivity index (χ4n) is 3.46. The summed E-state index contributed by atoms with van der Waals surface area (Å²) in [5, 5.41) is 3.32. The summed E-state index contributed by atoms with van der Waals surface area (Å²) in [4.78, 5) is 14.5. The van der Waals surface area contributed by atoms with E-state index in [2.05, 4.69) is 10.2 Å². The smallest absolute Gasteiger partial charge is 0.243 e. The van der Waals surface area contributed by atoms with Gasteiger partial charge in [0.05, 0.1) is 4.90 Å². The fraction of sp³-hybridized carbons (Fsp3) is 0.588. The van der Waals surface area contributed by atoms with Crippen LogP contribution >= 0.6 is 12.4 Å². The van der Waals surface area contributed by atoms with E-state index in [4.69, 9.17) is 0 Å². The molecule has 25 heavy (non-hydrogen) atoms. The molecule has 1 aromatic carbocycles. The lowest BCUT2D eigenvalue weighted by molar-refractivity contribution is 0.0988. The molecule has 6 nitrogen and oxygen atoms in total. The molecule has 2 aliphatic rings. The number of carbonyl (C=O) groups excluding carboxylic acids is 1. The van der Waals surface area contributed by atoms with Crippen molar-refractivity contribution in [2.45, 2.75) is 30.7 Å². The lowest BCUT2D eigenvalue weighted by Gasteiger charge is -2.32. The summed E-state index contributed by atoms with van der Waals surface area (Å²) >= 11 is 0. The number of ketones is 1. The largest absolute Gasteiger partial charge is 0.314 e. The van der Waals surface area contributed by atoms with Gasteiger partial charge in [-0.2, -0.15) is 4.31 Å². The molecule has 1 unspecified atom stereocenters. The van der Waals surface area contributed by atoms with Gasteiger partial charge in [-0.05, 0) is 18.6 Å². The summed E-state index contributed by atoms with van der Waals surface area (Å²) in [5.74, 6) is -0.0350. The van der Waals surface area contributed by atoms with Crippen molar-refractivity contribution >= 4 is 28.2 Å². The highest BCUT2D eigenvalue weighted by Gasteiger charge is 2.35. The summed E-state index contributed by atoms with van der Waals surface area (Å²) in [6.45, 7) is 6.73. The molecule has 0 amide bonds. The number of benzene rings is 1. The number of rotatable bonds is 5. The molecule has 1 N–H and O–H groups in total. The molecule has 3 rings (SSSR count). The first-order chi connectivity index (χ1) is 11.5. The van der Waals surface area contributed by atoms with Crippen LogP contribution < -0.4 is 5.32 Å². The Morgan fingerprint density at radius 3 is 2.64 bits per heavy atom. The number of Topliss-reactive ketones (excluding diaryl/α,β-unsaturated/α-hetero) is 1. The number of halogens is 1. The zero-order valence-corrected chi connectivity index (χ0v) is 16.1. The summed E-state index contributed by atoms with van der Waals surface area (Å²) in [7, 11) is -3.54. The second-order valence-electron chi connectivity index (χ2n) is 6.40. The predicted molar refractivity (Wildman–Crippen MR) is 99.9 cm³/mol. The van der Waals surface area contributed by atoms with Gasteiger partial charge in [0.2, 0.25) is 10.0 Å². The maximum atomic E-state index is 12.9. The molecule has 0 aliphatic carbocycles. The molecule has 0 spiro atoms. The Morgan fingerprint density at radius 2 is 1.96 bits per heavy atom. The van der Waals surface area contributed by atoms with Gasteiger partial charge in [0.1, 0.15) is 0 Å². The van der Waals surface area contributed by atoms with Crippen LogP contribution in [-0.4, -0.2) is 68.7 Å². The zero-order valence-electron chi connectivity index (χ0n) is 14.5. The first-order valence-corrected chi connectivity index (χ1v) is 10.0. The highest BCUT2D eigenvalue weighted by Crippen LogP contribution is 2.24. The van der Waals surface area contributed by atoms with Crippen molar-refractivity contribution in [1.82, 2.24) is 14.5 Å². The third-order valence-electron chi connectivity index (χ3n) is 4.91. The summed E-state index contributed by atoms with van der Waals surface area (Å²) in [6, 6.07) is 6.72. The van der Waals surface area contributed by atoms with Crippen LogP contribution in [0.15, 0.2) is 29.2 Å². The average molecular weight is 388 g/mol. The van der Waals surface area contributed by atoms with Crippen molar-refractivity contribution in [3.05, 3.63) is 29.8 Å². The number of sulfonamides is 1. The minimum atomic E-state index is -3.54. The Balaban J connectivity index is 0.00000225. The van der Waals surface area contributed by atoms with Crippen molar-refractivity contribution in [3.63, 3.8) is 0 Å². The van der Waals surface area contributed by atoms with Crippen LogP contribution in [0.4, 0.5) is 0 Å². The number of hydrogen-bond acceptors (Lipinski definition) is 5. The van der Waals surface area contributed by atoms with Crippen LogP contribution in [0.1, 0.15) is 30.1 Å². The zero-order chi connectivity index (χ0) is 17.2. The van der Waals surface area contributed by atoms with E-state index < -0.39 is 10.0 Å². The Bertz CT molecular complexity index is 705. The summed E-state index contributed by atoms with van der Waals surface area (Å²) in [6.07, 6.45) is 1.24. The van der Waals surface area contributed by atoms with Crippen molar-refractivity contribution in [1.29, 1.82) is 0 Å². The van der Waals surface area contributed by atoms with E-state index in [1.165, 1.54) is 6.07 Å². The van der Waals surface area contributed by atoms with Gasteiger partial charge in [-0.25, -0.2) is 8.42 Å². The van der Waals surface area contributed by atoms with Gasteiger partial charge in [-0.1, -0.05) is 19.1 Å². The molecule has 0 aromatic heterocycles.